The van der Waals surface area contributed by atoms with Crippen LogP contribution in [-0.2, 0) is 9.47 Å². The largest absolute Gasteiger partial charge is 0.456 e. The summed E-state index contributed by atoms with van der Waals surface area (Å²) >= 11 is 0. The normalized spacial score (nSPS) is 28.5. The second-order valence-corrected chi connectivity index (χ2v) is 5.19. The van der Waals surface area contributed by atoms with Gasteiger partial charge in [-0.2, -0.15) is 0 Å². The van der Waals surface area contributed by atoms with Gasteiger partial charge < -0.3 is 9.47 Å². The Morgan fingerprint density at radius 1 is 1.48 bits per heavy atom. The molecule has 0 radical (unpaired) electrons. The zero-order chi connectivity index (χ0) is 15.2. The third kappa shape index (κ3) is 3.54. The molecule has 2 unspecified atom stereocenters. The predicted octanol–water partition coefficient (Wildman–Crippen LogP) is 3.34. The molecule has 1 aromatic rings. The molecule has 0 saturated carbocycles. The molecule has 112 valence electrons. The van der Waals surface area contributed by atoms with Crippen LogP contribution in [0.5, 0.6) is 0 Å². The molecule has 0 amide bonds. The number of hydrogen-bond acceptors (Lipinski definition) is 4. The summed E-state index contributed by atoms with van der Waals surface area (Å²) in [4.78, 5) is 15.1. The maximum atomic E-state index is 12.2. The maximum absolute atomic E-state index is 12.2. The van der Waals surface area contributed by atoms with E-state index < -0.39 is 18.1 Å². The topological polar surface area (TPSA) is 84.3 Å². The number of benzene rings is 1. The summed E-state index contributed by atoms with van der Waals surface area (Å²) in [5.74, 6) is -0.410. The highest BCUT2D eigenvalue weighted by atomic mass is 16.6. The van der Waals surface area contributed by atoms with Crippen LogP contribution in [0.1, 0.15) is 30.6 Å². The standard InChI is InChI=1S/C15H19N3O3/c1-3-12-14(13(17-18-16)10(2)9-20-12)21-15(19)11-7-5-4-6-8-11/h4-8,10,12-14H,3,9H2,1-2H3/t10?,12?,13-,14+/m1/s1. The summed E-state index contributed by atoms with van der Waals surface area (Å²) in [7, 11) is 0. The monoisotopic (exact) mass is 289 g/mol. The van der Waals surface area contributed by atoms with E-state index in [9.17, 15) is 4.79 Å². The highest BCUT2D eigenvalue weighted by Crippen LogP contribution is 2.28. The van der Waals surface area contributed by atoms with Gasteiger partial charge in [0.2, 0.25) is 0 Å². The molecule has 4 atom stereocenters. The lowest BCUT2D eigenvalue weighted by molar-refractivity contribution is -0.113. The fourth-order valence-electron chi connectivity index (χ4n) is 2.51. The number of hydrogen-bond donors (Lipinski definition) is 0. The lowest BCUT2D eigenvalue weighted by Gasteiger charge is -2.38. The van der Waals surface area contributed by atoms with Crippen molar-refractivity contribution in [2.75, 3.05) is 6.61 Å². The van der Waals surface area contributed by atoms with Gasteiger partial charge in [0, 0.05) is 4.91 Å². The van der Waals surface area contributed by atoms with Crippen LogP contribution in [-0.4, -0.2) is 30.8 Å². The summed E-state index contributed by atoms with van der Waals surface area (Å²) in [6.07, 6.45) is -0.108. The Bertz CT molecular complexity index is 528. The minimum Gasteiger partial charge on any atom is -0.456 e. The van der Waals surface area contributed by atoms with Crippen LogP contribution in [0.2, 0.25) is 0 Å². The minimum atomic E-state index is -0.553. The van der Waals surface area contributed by atoms with Crippen LogP contribution >= 0.6 is 0 Å². The Morgan fingerprint density at radius 2 is 2.19 bits per heavy atom. The number of azide groups is 1. The van der Waals surface area contributed by atoms with E-state index in [1.165, 1.54) is 0 Å². The zero-order valence-corrected chi connectivity index (χ0v) is 12.2. The molecule has 0 bridgehead atoms. The lowest BCUT2D eigenvalue weighted by Crippen LogP contribution is -2.50. The Labute approximate surface area is 123 Å². The van der Waals surface area contributed by atoms with Gasteiger partial charge in [0.25, 0.3) is 0 Å². The molecule has 0 aliphatic carbocycles. The van der Waals surface area contributed by atoms with Gasteiger partial charge in [0.05, 0.1) is 24.3 Å². The van der Waals surface area contributed by atoms with Crippen molar-refractivity contribution in [1.82, 2.24) is 0 Å². The van der Waals surface area contributed by atoms with Gasteiger partial charge in [-0.05, 0) is 30.0 Å². The molecular formula is C15H19N3O3. The van der Waals surface area contributed by atoms with Gasteiger partial charge in [0.15, 0.2) is 0 Å². The molecule has 1 aliphatic heterocycles. The Kier molecular flexibility index (Phi) is 5.20. The molecule has 1 aromatic carbocycles. The smallest absolute Gasteiger partial charge is 0.338 e. The van der Waals surface area contributed by atoms with Crippen molar-refractivity contribution in [1.29, 1.82) is 0 Å². The average Bonchev–Trinajstić information content (AvgIpc) is 2.52. The van der Waals surface area contributed by atoms with Crippen molar-refractivity contribution >= 4 is 5.97 Å². The first-order valence-corrected chi connectivity index (χ1v) is 7.09. The predicted molar refractivity (Wildman–Crippen MR) is 77.8 cm³/mol. The SMILES string of the molecule is CCC1OCC(C)[C@@H](N=[N+]=[N-])[C@H]1OC(=O)c1ccccc1. The quantitative estimate of drug-likeness (QED) is 0.369. The van der Waals surface area contributed by atoms with Crippen LogP contribution in [0.4, 0.5) is 0 Å². The lowest BCUT2D eigenvalue weighted by atomic mass is 9.90. The van der Waals surface area contributed by atoms with Gasteiger partial charge in [-0.1, -0.05) is 37.2 Å². The third-order valence-electron chi connectivity index (χ3n) is 3.70. The van der Waals surface area contributed by atoms with Crippen molar-refractivity contribution < 1.29 is 14.3 Å². The maximum Gasteiger partial charge on any atom is 0.338 e. The van der Waals surface area contributed by atoms with Gasteiger partial charge in [0.1, 0.15) is 6.10 Å². The fourth-order valence-corrected chi connectivity index (χ4v) is 2.51. The molecule has 6 heteroatoms. The van der Waals surface area contributed by atoms with Crippen molar-refractivity contribution in [3.8, 4) is 0 Å². The van der Waals surface area contributed by atoms with Crippen LogP contribution in [0.25, 0.3) is 10.4 Å². The van der Waals surface area contributed by atoms with E-state index in [-0.39, 0.29) is 12.0 Å². The number of carbonyl (C=O) groups excluding carboxylic acids is 1. The number of nitrogens with zero attached hydrogens (tertiary/aromatic N) is 3. The Balaban J connectivity index is 2.19. The molecule has 21 heavy (non-hydrogen) atoms. The molecule has 0 spiro atoms. The average molecular weight is 289 g/mol. The van der Waals surface area contributed by atoms with E-state index in [2.05, 4.69) is 10.0 Å². The first-order chi connectivity index (χ1) is 10.2. The molecule has 1 heterocycles. The van der Waals surface area contributed by atoms with Crippen LogP contribution in [0, 0.1) is 5.92 Å². The first-order valence-electron chi connectivity index (χ1n) is 7.09. The van der Waals surface area contributed by atoms with Crippen LogP contribution in [0.15, 0.2) is 35.4 Å². The van der Waals surface area contributed by atoms with Gasteiger partial charge in [-0.3, -0.25) is 0 Å². The van der Waals surface area contributed by atoms with E-state index in [1.807, 2.05) is 19.9 Å². The van der Waals surface area contributed by atoms with Gasteiger partial charge >= 0.3 is 5.97 Å². The van der Waals surface area contributed by atoms with Crippen LogP contribution in [0.3, 0.4) is 0 Å². The minimum absolute atomic E-state index is 0.0114. The number of esters is 1. The van der Waals surface area contributed by atoms with Gasteiger partial charge in [-0.15, -0.1) is 0 Å². The van der Waals surface area contributed by atoms with E-state index in [4.69, 9.17) is 15.0 Å². The molecule has 0 N–H and O–H groups in total. The summed E-state index contributed by atoms with van der Waals surface area (Å²) in [5, 5.41) is 3.81. The first kappa shape index (κ1) is 15.4. The van der Waals surface area contributed by atoms with Crippen molar-refractivity contribution in [2.24, 2.45) is 11.0 Å². The van der Waals surface area contributed by atoms with Gasteiger partial charge in [-0.25, -0.2) is 4.79 Å². The van der Waals surface area contributed by atoms with E-state index in [0.29, 0.717) is 18.6 Å². The Hall–Kier alpha value is -2.04. The highest BCUT2D eigenvalue weighted by molar-refractivity contribution is 5.89. The molecule has 2 rings (SSSR count). The van der Waals surface area contributed by atoms with Crippen molar-refractivity contribution in [3.05, 3.63) is 46.3 Å². The highest BCUT2D eigenvalue weighted by Gasteiger charge is 2.40. The Morgan fingerprint density at radius 3 is 2.81 bits per heavy atom. The third-order valence-corrected chi connectivity index (χ3v) is 3.70. The van der Waals surface area contributed by atoms with E-state index in [1.54, 1.807) is 24.3 Å². The van der Waals surface area contributed by atoms with E-state index >= 15 is 0 Å². The number of carbonyl (C=O) groups is 1. The molecule has 0 aromatic heterocycles. The molecule has 6 nitrogen and oxygen atoms in total. The summed E-state index contributed by atoms with van der Waals surface area (Å²) in [6, 6.07) is 8.37. The van der Waals surface area contributed by atoms with Crippen molar-refractivity contribution in [2.45, 2.75) is 38.5 Å². The number of rotatable bonds is 4. The molecule has 1 saturated heterocycles. The molecular weight excluding hydrogens is 270 g/mol. The van der Waals surface area contributed by atoms with Crippen molar-refractivity contribution in [3.63, 3.8) is 0 Å². The van der Waals surface area contributed by atoms with E-state index in [0.717, 1.165) is 0 Å². The summed E-state index contributed by atoms with van der Waals surface area (Å²) in [6.45, 7) is 4.38. The summed E-state index contributed by atoms with van der Waals surface area (Å²) < 4.78 is 11.3. The van der Waals surface area contributed by atoms with Crippen LogP contribution < -0.4 is 0 Å². The second-order valence-electron chi connectivity index (χ2n) is 5.19. The second kappa shape index (κ2) is 7.11. The summed E-state index contributed by atoms with van der Waals surface area (Å²) in [5.41, 5.74) is 9.22. The molecule has 1 fully saturated rings. The number of ether oxygens (including phenoxy) is 2. The fraction of sp³-hybridized carbons (Fsp3) is 0.533. The molecule has 1 aliphatic rings. The zero-order valence-electron chi connectivity index (χ0n) is 12.2.